The summed E-state index contributed by atoms with van der Waals surface area (Å²) in [4.78, 5) is 24.0. The van der Waals surface area contributed by atoms with Crippen LogP contribution in [0.5, 0.6) is 0 Å². The summed E-state index contributed by atoms with van der Waals surface area (Å²) >= 11 is 0. The molecule has 0 saturated heterocycles. The first kappa shape index (κ1) is 15.9. The van der Waals surface area contributed by atoms with Crippen molar-refractivity contribution in [2.24, 2.45) is 5.92 Å². The Labute approximate surface area is 103 Å². The van der Waals surface area contributed by atoms with E-state index in [1.807, 2.05) is 27.7 Å². The zero-order chi connectivity index (χ0) is 13.6. The van der Waals surface area contributed by atoms with Gasteiger partial charge in [-0.1, -0.05) is 6.92 Å². The van der Waals surface area contributed by atoms with E-state index in [2.05, 4.69) is 0 Å². The third kappa shape index (κ3) is 6.94. The number of rotatable bonds is 6. The van der Waals surface area contributed by atoms with Gasteiger partial charge in [0.2, 0.25) is 5.91 Å². The molecule has 0 spiro atoms. The third-order valence-electron chi connectivity index (χ3n) is 2.28. The molecule has 0 aromatic heterocycles. The molecule has 0 aromatic rings. The molecule has 0 fully saturated rings. The molecule has 0 saturated carbocycles. The van der Waals surface area contributed by atoms with E-state index in [4.69, 9.17) is 9.84 Å². The SMILES string of the molecule is CCN(CC(C)C(=O)O)C(=O)COC(C)(C)C. The predicted octanol–water partition coefficient (Wildman–Crippen LogP) is 1.37. The fourth-order valence-corrected chi connectivity index (χ4v) is 1.19. The first-order valence-corrected chi connectivity index (χ1v) is 5.82. The van der Waals surface area contributed by atoms with Gasteiger partial charge in [0, 0.05) is 13.1 Å². The van der Waals surface area contributed by atoms with Gasteiger partial charge in [-0.2, -0.15) is 0 Å². The highest BCUT2D eigenvalue weighted by Crippen LogP contribution is 2.08. The third-order valence-corrected chi connectivity index (χ3v) is 2.28. The van der Waals surface area contributed by atoms with Crippen LogP contribution in [0.15, 0.2) is 0 Å². The van der Waals surface area contributed by atoms with E-state index in [-0.39, 0.29) is 24.7 Å². The monoisotopic (exact) mass is 245 g/mol. The molecule has 5 nitrogen and oxygen atoms in total. The number of hydrogen-bond acceptors (Lipinski definition) is 3. The minimum atomic E-state index is -0.895. The summed E-state index contributed by atoms with van der Waals surface area (Å²) in [6.45, 7) is 9.72. The normalized spacial score (nSPS) is 13.2. The number of aliphatic carboxylic acids is 1. The lowest BCUT2D eigenvalue weighted by Gasteiger charge is -2.25. The molecule has 5 heteroatoms. The maximum Gasteiger partial charge on any atom is 0.308 e. The molecule has 0 bridgehead atoms. The molecule has 0 aliphatic heterocycles. The van der Waals surface area contributed by atoms with Crippen molar-refractivity contribution >= 4 is 11.9 Å². The van der Waals surface area contributed by atoms with E-state index in [1.165, 1.54) is 4.90 Å². The first-order valence-electron chi connectivity index (χ1n) is 5.82. The number of carboxylic acid groups (broad SMARTS) is 1. The van der Waals surface area contributed by atoms with Crippen molar-refractivity contribution in [1.29, 1.82) is 0 Å². The summed E-state index contributed by atoms with van der Waals surface area (Å²) in [5.74, 6) is -1.63. The number of carboxylic acids is 1. The average Bonchev–Trinajstić information content (AvgIpc) is 2.20. The maximum absolute atomic E-state index is 11.8. The Kier molecular flexibility index (Phi) is 6.16. The summed E-state index contributed by atoms with van der Waals surface area (Å²) in [6.07, 6.45) is 0. The summed E-state index contributed by atoms with van der Waals surface area (Å²) in [5.41, 5.74) is -0.368. The molecular formula is C12H23NO4. The van der Waals surface area contributed by atoms with E-state index >= 15 is 0 Å². The van der Waals surface area contributed by atoms with Crippen LogP contribution in [0.25, 0.3) is 0 Å². The molecule has 1 N–H and O–H groups in total. The summed E-state index contributed by atoms with van der Waals surface area (Å²) < 4.78 is 5.38. The van der Waals surface area contributed by atoms with Gasteiger partial charge >= 0.3 is 5.97 Å². The van der Waals surface area contributed by atoms with E-state index in [9.17, 15) is 9.59 Å². The van der Waals surface area contributed by atoms with Gasteiger partial charge in [-0.3, -0.25) is 9.59 Å². The van der Waals surface area contributed by atoms with E-state index in [0.717, 1.165) is 0 Å². The lowest BCUT2D eigenvalue weighted by atomic mass is 10.1. The summed E-state index contributed by atoms with van der Waals surface area (Å²) in [7, 11) is 0. The fraction of sp³-hybridized carbons (Fsp3) is 0.833. The van der Waals surface area contributed by atoms with Gasteiger partial charge in [0.05, 0.1) is 11.5 Å². The van der Waals surface area contributed by atoms with Crippen LogP contribution in [0.3, 0.4) is 0 Å². The van der Waals surface area contributed by atoms with E-state index in [0.29, 0.717) is 6.54 Å². The molecule has 0 radical (unpaired) electrons. The zero-order valence-corrected chi connectivity index (χ0v) is 11.3. The maximum atomic E-state index is 11.8. The summed E-state index contributed by atoms with van der Waals surface area (Å²) in [6, 6.07) is 0. The molecule has 0 aromatic carbocycles. The highest BCUT2D eigenvalue weighted by molar-refractivity contribution is 5.78. The quantitative estimate of drug-likeness (QED) is 0.767. The number of carbonyl (C=O) groups is 2. The fourth-order valence-electron chi connectivity index (χ4n) is 1.19. The van der Waals surface area contributed by atoms with Crippen molar-refractivity contribution in [3.8, 4) is 0 Å². The molecular weight excluding hydrogens is 222 g/mol. The lowest BCUT2D eigenvalue weighted by Crippen LogP contribution is -2.40. The van der Waals surface area contributed by atoms with Crippen molar-refractivity contribution < 1.29 is 19.4 Å². The second-order valence-corrected chi connectivity index (χ2v) is 5.07. The summed E-state index contributed by atoms with van der Waals surface area (Å²) in [5, 5.41) is 8.80. The number of nitrogens with zero attached hydrogens (tertiary/aromatic N) is 1. The van der Waals surface area contributed by atoms with E-state index < -0.39 is 11.9 Å². The van der Waals surface area contributed by atoms with Crippen molar-refractivity contribution in [3.63, 3.8) is 0 Å². The largest absolute Gasteiger partial charge is 0.481 e. The van der Waals surface area contributed by atoms with Crippen LogP contribution >= 0.6 is 0 Å². The minimum absolute atomic E-state index is 0.0102. The Hall–Kier alpha value is -1.10. The molecule has 1 atom stereocenters. The Balaban J connectivity index is 4.27. The van der Waals surface area contributed by atoms with Crippen LogP contribution in [-0.2, 0) is 14.3 Å². The van der Waals surface area contributed by atoms with Crippen LogP contribution in [0.1, 0.15) is 34.6 Å². The van der Waals surface area contributed by atoms with Crippen LogP contribution in [0, 0.1) is 5.92 Å². The van der Waals surface area contributed by atoms with Crippen LogP contribution in [0.2, 0.25) is 0 Å². The van der Waals surface area contributed by atoms with Gasteiger partial charge in [-0.25, -0.2) is 0 Å². The van der Waals surface area contributed by atoms with Crippen molar-refractivity contribution in [2.45, 2.75) is 40.2 Å². The van der Waals surface area contributed by atoms with Gasteiger partial charge in [0.15, 0.2) is 0 Å². The Morgan fingerprint density at radius 2 is 1.88 bits per heavy atom. The standard InChI is InChI=1S/C12H23NO4/c1-6-13(7-9(2)11(15)16)10(14)8-17-12(3,4)5/h9H,6-8H2,1-5H3,(H,15,16). The predicted molar refractivity (Wildman–Crippen MR) is 64.8 cm³/mol. The van der Waals surface area contributed by atoms with Crippen LogP contribution in [-0.4, -0.2) is 47.2 Å². The van der Waals surface area contributed by atoms with Gasteiger partial charge < -0.3 is 14.7 Å². The highest BCUT2D eigenvalue weighted by atomic mass is 16.5. The highest BCUT2D eigenvalue weighted by Gasteiger charge is 2.21. The van der Waals surface area contributed by atoms with Gasteiger partial charge in [0.1, 0.15) is 6.61 Å². The van der Waals surface area contributed by atoms with Gasteiger partial charge in [0.25, 0.3) is 0 Å². The van der Waals surface area contributed by atoms with Crippen LogP contribution < -0.4 is 0 Å². The molecule has 0 aliphatic rings. The molecule has 17 heavy (non-hydrogen) atoms. The molecule has 0 rings (SSSR count). The zero-order valence-electron chi connectivity index (χ0n) is 11.3. The van der Waals surface area contributed by atoms with Gasteiger partial charge in [-0.15, -0.1) is 0 Å². The number of ether oxygens (including phenoxy) is 1. The van der Waals surface area contributed by atoms with Crippen molar-refractivity contribution in [2.75, 3.05) is 19.7 Å². The average molecular weight is 245 g/mol. The Morgan fingerprint density at radius 1 is 1.35 bits per heavy atom. The minimum Gasteiger partial charge on any atom is -0.481 e. The molecule has 0 heterocycles. The Bertz CT molecular complexity index is 270. The number of hydrogen-bond donors (Lipinski definition) is 1. The number of carbonyl (C=O) groups excluding carboxylic acids is 1. The number of likely N-dealkylation sites (N-methyl/N-ethyl adjacent to an activating group) is 1. The Morgan fingerprint density at radius 3 is 2.24 bits per heavy atom. The molecule has 1 amide bonds. The second-order valence-electron chi connectivity index (χ2n) is 5.07. The molecule has 1 unspecified atom stereocenters. The van der Waals surface area contributed by atoms with Crippen LogP contribution in [0.4, 0.5) is 0 Å². The first-order chi connectivity index (χ1) is 7.67. The van der Waals surface area contributed by atoms with Crippen molar-refractivity contribution in [1.82, 2.24) is 4.90 Å². The smallest absolute Gasteiger partial charge is 0.308 e. The second kappa shape index (κ2) is 6.59. The molecule has 100 valence electrons. The number of amides is 1. The topological polar surface area (TPSA) is 66.8 Å². The molecule has 0 aliphatic carbocycles. The lowest BCUT2D eigenvalue weighted by molar-refractivity contribution is -0.146. The van der Waals surface area contributed by atoms with E-state index in [1.54, 1.807) is 6.92 Å². The van der Waals surface area contributed by atoms with Gasteiger partial charge in [-0.05, 0) is 27.7 Å². The van der Waals surface area contributed by atoms with Crippen molar-refractivity contribution in [3.05, 3.63) is 0 Å².